The lowest BCUT2D eigenvalue weighted by atomic mass is 10.0. The molecule has 0 saturated carbocycles. The molecule has 0 bridgehead atoms. The smallest absolute Gasteiger partial charge is 0.347 e. The van der Waals surface area contributed by atoms with E-state index in [1.165, 1.54) is 0 Å². The van der Waals surface area contributed by atoms with Gasteiger partial charge in [-0.1, -0.05) is 60.7 Å². The van der Waals surface area contributed by atoms with E-state index in [4.69, 9.17) is 9.79 Å². The number of hydrogen-bond acceptors (Lipinski definition) is 3. The monoisotopic (exact) mass is 399 g/mol. The molecule has 0 aliphatic heterocycles. The van der Waals surface area contributed by atoms with Gasteiger partial charge in [-0.15, -0.1) is 0 Å². The molecule has 3 aromatic carbocycles. The van der Waals surface area contributed by atoms with Gasteiger partial charge in [-0.2, -0.15) is 0 Å². The van der Waals surface area contributed by atoms with Crippen molar-refractivity contribution >= 4 is 24.5 Å². The zero-order chi connectivity index (χ0) is 20.0. The summed E-state index contributed by atoms with van der Waals surface area (Å²) in [5.41, 5.74) is 1.56. The van der Waals surface area contributed by atoms with E-state index in [2.05, 4.69) is 9.84 Å². The number of benzene rings is 3. The van der Waals surface area contributed by atoms with Crippen LogP contribution in [0.4, 0.5) is 0 Å². The zero-order valence-electron chi connectivity index (χ0n) is 15.2. The molecule has 6 nitrogen and oxygen atoms in total. The standard InChI is InChI=1S/C21H22NO5P/c23-21(19-12-11-17-8-4-5-9-18(17)14-19)22-20(15-27-28(24,25)26)13-10-16-6-2-1-3-7-16/h1-9,11-12,14,20H,10,13,15H2,(H,22,23)(H2,24,25,26)/t20-/m1/s1. The zero-order valence-corrected chi connectivity index (χ0v) is 16.1. The average molecular weight is 399 g/mol. The van der Waals surface area contributed by atoms with Crippen LogP contribution in [-0.2, 0) is 15.5 Å². The van der Waals surface area contributed by atoms with Crippen LogP contribution < -0.4 is 5.32 Å². The van der Waals surface area contributed by atoms with Gasteiger partial charge >= 0.3 is 7.82 Å². The third-order valence-corrected chi connectivity index (χ3v) is 4.90. The Hall–Kier alpha value is -2.50. The SMILES string of the molecule is O=C(N[C@H](CCc1ccccc1)COP(=O)(O)O)c1ccc2ccccc2c1. The molecule has 146 valence electrons. The Morgan fingerprint density at radius 2 is 1.64 bits per heavy atom. The van der Waals surface area contributed by atoms with Crippen LogP contribution in [0.2, 0.25) is 0 Å². The molecule has 0 saturated heterocycles. The fourth-order valence-corrected chi connectivity index (χ4v) is 3.34. The van der Waals surface area contributed by atoms with Gasteiger partial charge in [0.15, 0.2) is 0 Å². The molecule has 3 N–H and O–H groups in total. The number of fused-ring (bicyclic) bond motifs is 1. The molecule has 1 amide bonds. The number of carbonyl (C=O) groups is 1. The Morgan fingerprint density at radius 1 is 0.964 bits per heavy atom. The van der Waals surface area contributed by atoms with Crippen LogP contribution in [-0.4, -0.2) is 28.3 Å². The van der Waals surface area contributed by atoms with Crippen LogP contribution >= 0.6 is 7.82 Å². The van der Waals surface area contributed by atoms with Gasteiger partial charge < -0.3 is 15.1 Å². The summed E-state index contributed by atoms with van der Waals surface area (Å²) in [6.07, 6.45) is 1.14. The van der Waals surface area contributed by atoms with Crippen LogP contribution in [0.1, 0.15) is 22.3 Å². The van der Waals surface area contributed by atoms with Gasteiger partial charge in [0.25, 0.3) is 5.91 Å². The highest BCUT2D eigenvalue weighted by molar-refractivity contribution is 7.46. The predicted octanol–water partition coefficient (Wildman–Crippen LogP) is 3.68. The molecule has 0 aromatic heterocycles. The normalized spacial score (nSPS) is 12.6. The van der Waals surface area contributed by atoms with Crippen LogP contribution in [0.3, 0.4) is 0 Å². The van der Waals surface area contributed by atoms with Crippen molar-refractivity contribution in [3.8, 4) is 0 Å². The van der Waals surface area contributed by atoms with Crippen molar-refractivity contribution < 1.29 is 23.7 Å². The van der Waals surface area contributed by atoms with Gasteiger partial charge in [0.2, 0.25) is 0 Å². The molecule has 0 spiro atoms. The molecular formula is C21H22NO5P. The molecule has 28 heavy (non-hydrogen) atoms. The van der Waals surface area contributed by atoms with E-state index < -0.39 is 13.9 Å². The fraction of sp³-hybridized carbons (Fsp3) is 0.190. The summed E-state index contributed by atoms with van der Waals surface area (Å²) in [4.78, 5) is 30.7. The fourth-order valence-electron chi connectivity index (χ4n) is 2.97. The van der Waals surface area contributed by atoms with Gasteiger partial charge in [-0.05, 0) is 41.3 Å². The predicted molar refractivity (Wildman–Crippen MR) is 108 cm³/mol. The highest BCUT2D eigenvalue weighted by Gasteiger charge is 2.20. The van der Waals surface area contributed by atoms with Crippen molar-refractivity contribution in [1.29, 1.82) is 0 Å². The Balaban J connectivity index is 1.70. The Bertz CT molecular complexity index is 986. The quantitative estimate of drug-likeness (QED) is 0.502. The first-order valence-corrected chi connectivity index (χ1v) is 10.5. The summed E-state index contributed by atoms with van der Waals surface area (Å²) in [5, 5.41) is 4.81. The highest BCUT2D eigenvalue weighted by atomic mass is 31.2. The average Bonchev–Trinajstić information content (AvgIpc) is 2.69. The van der Waals surface area contributed by atoms with E-state index in [-0.39, 0.29) is 12.5 Å². The van der Waals surface area contributed by atoms with E-state index in [9.17, 15) is 9.36 Å². The summed E-state index contributed by atoms with van der Waals surface area (Å²) < 4.78 is 15.7. The van der Waals surface area contributed by atoms with E-state index in [1.54, 1.807) is 12.1 Å². The number of phosphoric acid groups is 1. The second-order valence-corrected chi connectivity index (χ2v) is 7.78. The lowest BCUT2D eigenvalue weighted by molar-refractivity contribution is 0.0905. The Morgan fingerprint density at radius 3 is 2.36 bits per heavy atom. The number of hydrogen-bond donors (Lipinski definition) is 3. The second kappa shape index (κ2) is 9.13. The second-order valence-electron chi connectivity index (χ2n) is 6.54. The summed E-state index contributed by atoms with van der Waals surface area (Å²) in [6.45, 7) is -0.267. The topological polar surface area (TPSA) is 95.9 Å². The van der Waals surface area contributed by atoms with Gasteiger partial charge in [0.1, 0.15) is 0 Å². The Kier molecular flexibility index (Phi) is 6.60. The lowest BCUT2D eigenvalue weighted by Crippen LogP contribution is -2.38. The third-order valence-electron chi connectivity index (χ3n) is 4.42. The third kappa shape index (κ3) is 6.01. The van der Waals surface area contributed by atoms with Crippen LogP contribution in [0.5, 0.6) is 0 Å². The van der Waals surface area contributed by atoms with Gasteiger partial charge in [-0.3, -0.25) is 9.32 Å². The van der Waals surface area contributed by atoms with Crippen molar-refractivity contribution in [2.24, 2.45) is 0 Å². The molecule has 0 unspecified atom stereocenters. The molecule has 3 rings (SSSR count). The molecular weight excluding hydrogens is 377 g/mol. The number of rotatable bonds is 8. The van der Waals surface area contributed by atoms with Crippen LogP contribution in [0.15, 0.2) is 72.8 Å². The van der Waals surface area contributed by atoms with Crippen molar-refractivity contribution in [3.63, 3.8) is 0 Å². The van der Waals surface area contributed by atoms with Crippen LogP contribution in [0.25, 0.3) is 10.8 Å². The number of aryl methyl sites for hydroxylation is 1. The maximum absolute atomic E-state index is 12.7. The van der Waals surface area contributed by atoms with Crippen molar-refractivity contribution in [1.82, 2.24) is 5.32 Å². The van der Waals surface area contributed by atoms with Crippen LogP contribution in [0, 0.1) is 0 Å². The summed E-state index contributed by atoms with van der Waals surface area (Å²) in [6, 6.07) is 22.3. The summed E-state index contributed by atoms with van der Waals surface area (Å²) in [5.74, 6) is -0.307. The number of nitrogens with one attached hydrogen (secondary N) is 1. The van der Waals surface area contributed by atoms with E-state index in [0.717, 1.165) is 16.3 Å². The van der Waals surface area contributed by atoms with Gasteiger partial charge in [0, 0.05) is 5.56 Å². The minimum atomic E-state index is -4.61. The molecule has 7 heteroatoms. The largest absolute Gasteiger partial charge is 0.469 e. The first-order chi connectivity index (χ1) is 13.4. The molecule has 3 aromatic rings. The lowest BCUT2D eigenvalue weighted by Gasteiger charge is -2.19. The summed E-state index contributed by atoms with van der Waals surface area (Å²) >= 11 is 0. The molecule has 0 radical (unpaired) electrons. The number of carbonyl (C=O) groups excluding carboxylic acids is 1. The first-order valence-electron chi connectivity index (χ1n) is 8.94. The molecule has 0 aliphatic rings. The van der Waals surface area contributed by atoms with Gasteiger partial charge in [-0.25, -0.2) is 4.57 Å². The van der Waals surface area contributed by atoms with E-state index >= 15 is 0 Å². The molecule has 0 heterocycles. The molecule has 1 atom stereocenters. The molecule has 0 aliphatic carbocycles. The maximum atomic E-state index is 12.7. The number of amides is 1. The van der Waals surface area contributed by atoms with E-state index in [1.807, 2.05) is 60.7 Å². The minimum Gasteiger partial charge on any atom is -0.347 e. The minimum absolute atomic E-state index is 0.267. The number of phosphoric ester groups is 1. The maximum Gasteiger partial charge on any atom is 0.469 e. The summed E-state index contributed by atoms with van der Waals surface area (Å²) in [7, 11) is -4.61. The molecule has 0 fully saturated rings. The van der Waals surface area contributed by atoms with Gasteiger partial charge in [0.05, 0.1) is 12.6 Å². The first kappa shape index (κ1) is 20.2. The van der Waals surface area contributed by atoms with Crippen molar-refractivity contribution in [2.45, 2.75) is 18.9 Å². The van der Waals surface area contributed by atoms with Crippen molar-refractivity contribution in [2.75, 3.05) is 6.61 Å². The highest BCUT2D eigenvalue weighted by Crippen LogP contribution is 2.35. The van der Waals surface area contributed by atoms with Crippen molar-refractivity contribution in [3.05, 3.63) is 83.9 Å². The Labute approximate surface area is 163 Å². The van der Waals surface area contributed by atoms with E-state index in [0.29, 0.717) is 18.4 Å².